The Balaban J connectivity index is 0. The number of rotatable bonds is 5. The summed E-state index contributed by atoms with van der Waals surface area (Å²) in [5.74, 6) is 1.26. The van der Waals surface area contributed by atoms with E-state index in [1.807, 2.05) is 27.7 Å². The van der Waals surface area contributed by atoms with Gasteiger partial charge < -0.3 is 10.1 Å². The highest BCUT2D eigenvalue weighted by molar-refractivity contribution is 5.67. The Hall–Kier alpha value is -0.730. The second kappa shape index (κ2) is 11.0. The van der Waals surface area contributed by atoms with Crippen LogP contribution in [0.1, 0.15) is 75.2 Å². The molecule has 0 aromatic heterocycles. The second-order valence-electron chi connectivity index (χ2n) is 7.78. The number of alkyl carbamates (subject to hydrolysis) is 1. The zero-order valence-electron chi connectivity index (χ0n) is 15.2. The van der Waals surface area contributed by atoms with Crippen LogP contribution >= 0.6 is 0 Å². The Labute approximate surface area is 126 Å². The van der Waals surface area contributed by atoms with Gasteiger partial charge >= 0.3 is 6.09 Å². The van der Waals surface area contributed by atoms with Crippen LogP contribution in [0, 0.1) is 17.3 Å². The molecule has 1 N–H and O–H groups in total. The summed E-state index contributed by atoms with van der Waals surface area (Å²) >= 11 is 0. The van der Waals surface area contributed by atoms with Crippen molar-refractivity contribution in [3.8, 4) is 0 Å². The minimum absolute atomic E-state index is 0.148. The Morgan fingerprint density at radius 1 is 1.00 bits per heavy atom. The van der Waals surface area contributed by atoms with Crippen molar-refractivity contribution < 1.29 is 9.53 Å². The third kappa shape index (κ3) is 22.5. The maximum absolute atomic E-state index is 10.8. The van der Waals surface area contributed by atoms with Gasteiger partial charge in [0, 0.05) is 6.04 Å². The summed E-state index contributed by atoms with van der Waals surface area (Å²) in [7, 11) is 0. The van der Waals surface area contributed by atoms with Crippen molar-refractivity contribution >= 4 is 6.09 Å². The minimum atomic E-state index is -0.325. The molecule has 1 amide bonds. The Morgan fingerprint density at radius 2 is 1.50 bits per heavy atom. The SMILES string of the molecule is CC(C)CCC(C)(C)C.CC(C)COC(=O)NC(C)C. The largest absolute Gasteiger partial charge is 0.449 e. The maximum Gasteiger partial charge on any atom is 0.407 e. The van der Waals surface area contributed by atoms with E-state index in [-0.39, 0.29) is 12.1 Å². The number of hydrogen-bond acceptors (Lipinski definition) is 2. The van der Waals surface area contributed by atoms with Gasteiger partial charge in [-0.3, -0.25) is 0 Å². The third-order valence-corrected chi connectivity index (χ3v) is 2.43. The average Bonchev–Trinajstić information content (AvgIpc) is 2.23. The van der Waals surface area contributed by atoms with E-state index >= 15 is 0 Å². The molecule has 0 saturated carbocycles. The van der Waals surface area contributed by atoms with E-state index in [4.69, 9.17) is 4.74 Å². The molecule has 0 spiro atoms. The average molecular weight is 287 g/mol. The lowest BCUT2D eigenvalue weighted by molar-refractivity contribution is 0.130. The van der Waals surface area contributed by atoms with Crippen LogP contribution in [0.2, 0.25) is 0 Å². The fourth-order valence-electron chi connectivity index (χ4n) is 1.24. The number of carbonyl (C=O) groups excluding carboxylic acids is 1. The van der Waals surface area contributed by atoms with E-state index in [0.29, 0.717) is 17.9 Å². The Morgan fingerprint density at radius 3 is 1.75 bits per heavy atom. The molecule has 3 heteroatoms. The first-order valence-electron chi connectivity index (χ1n) is 7.87. The van der Waals surface area contributed by atoms with Gasteiger partial charge in [-0.1, -0.05) is 54.9 Å². The van der Waals surface area contributed by atoms with Gasteiger partial charge in [0.25, 0.3) is 0 Å². The van der Waals surface area contributed by atoms with E-state index in [1.54, 1.807) is 0 Å². The fraction of sp³-hybridized carbons (Fsp3) is 0.941. The van der Waals surface area contributed by atoms with Crippen molar-refractivity contribution in [2.75, 3.05) is 6.61 Å². The van der Waals surface area contributed by atoms with Gasteiger partial charge in [0.15, 0.2) is 0 Å². The van der Waals surface area contributed by atoms with Crippen molar-refractivity contribution in [3.05, 3.63) is 0 Å². The molecule has 0 aliphatic heterocycles. The molecule has 0 unspecified atom stereocenters. The van der Waals surface area contributed by atoms with Gasteiger partial charge in [-0.2, -0.15) is 0 Å². The second-order valence-corrected chi connectivity index (χ2v) is 7.78. The monoisotopic (exact) mass is 287 g/mol. The lowest BCUT2D eigenvalue weighted by Gasteiger charge is -2.18. The molecular formula is C17H37NO2. The smallest absolute Gasteiger partial charge is 0.407 e. The summed E-state index contributed by atoms with van der Waals surface area (Å²) in [5, 5.41) is 2.64. The van der Waals surface area contributed by atoms with Crippen LogP contribution in [0.5, 0.6) is 0 Å². The van der Waals surface area contributed by atoms with Crippen molar-refractivity contribution in [2.45, 2.75) is 81.2 Å². The van der Waals surface area contributed by atoms with Crippen molar-refractivity contribution in [2.24, 2.45) is 17.3 Å². The van der Waals surface area contributed by atoms with Gasteiger partial charge in [0.1, 0.15) is 0 Å². The molecular weight excluding hydrogens is 250 g/mol. The molecule has 0 radical (unpaired) electrons. The topological polar surface area (TPSA) is 38.3 Å². The number of carbonyl (C=O) groups is 1. The highest BCUT2D eigenvalue weighted by Gasteiger charge is 2.09. The summed E-state index contributed by atoms with van der Waals surface area (Å²) in [4.78, 5) is 10.8. The molecule has 0 aromatic rings. The van der Waals surface area contributed by atoms with Crippen molar-refractivity contribution in [1.29, 1.82) is 0 Å². The quantitative estimate of drug-likeness (QED) is 0.750. The van der Waals surface area contributed by atoms with Crippen LogP contribution < -0.4 is 5.32 Å². The highest BCUT2D eigenvalue weighted by Crippen LogP contribution is 2.22. The summed E-state index contributed by atoms with van der Waals surface area (Å²) in [6.07, 6.45) is 2.39. The van der Waals surface area contributed by atoms with Crippen LogP contribution in [0.25, 0.3) is 0 Å². The van der Waals surface area contributed by atoms with Crippen LogP contribution in [0.3, 0.4) is 0 Å². The number of nitrogens with one attached hydrogen (secondary N) is 1. The van der Waals surface area contributed by atoms with Gasteiger partial charge in [0.2, 0.25) is 0 Å². The molecule has 0 aliphatic carbocycles. The number of ether oxygens (including phenoxy) is 1. The molecule has 0 saturated heterocycles. The van der Waals surface area contributed by atoms with Gasteiger partial charge in [-0.25, -0.2) is 4.79 Å². The third-order valence-electron chi connectivity index (χ3n) is 2.43. The molecule has 0 fully saturated rings. The normalized spacial score (nSPS) is 11.4. The van der Waals surface area contributed by atoms with E-state index in [1.165, 1.54) is 12.8 Å². The molecule has 0 rings (SSSR count). The summed E-state index contributed by atoms with van der Waals surface area (Å²) in [6.45, 7) is 19.8. The van der Waals surface area contributed by atoms with Crippen LogP contribution in [0.4, 0.5) is 4.79 Å². The zero-order chi connectivity index (χ0) is 16.3. The van der Waals surface area contributed by atoms with Crippen LogP contribution in [-0.2, 0) is 4.74 Å². The number of amides is 1. The molecule has 122 valence electrons. The van der Waals surface area contributed by atoms with Crippen molar-refractivity contribution in [3.63, 3.8) is 0 Å². The first kappa shape index (κ1) is 21.6. The van der Waals surface area contributed by atoms with E-state index < -0.39 is 0 Å². The van der Waals surface area contributed by atoms with Crippen molar-refractivity contribution in [1.82, 2.24) is 5.32 Å². The summed E-state index contributed by atoms with van der Waals surface area (Å²) in [5.41, 5.74) is 0.532. The summed E-state index contributed by atoms with van der Waals surface area (Å²) < 4.78 is 4.86. The first-order valence-corrected chi connectivity index (χ1v) is 7.87. The zero-order valence-corrected chi connectivity index (χ0v) is 15.2. The molecule has 0 aromatic carbocycles. The Kier molecular flexibility index (Phi) is 11.8. The molecule has 0 atom stereocenters. The summed E-state index contributed by atoms with van der Waals surface area (Å²) in [6, 6.07) is 0.148. The fourth-order valence-corrected chi connectivity index (χ4v) is 1.24. The van der Waals surface area contributed by atoms with Gasteiger partial charge in [0.05, 0.1) is 6.61 Å². The lowest BCUT2D eigenvalue weighted by atomic mass is 9.88. The number of hydrogen-bond donors (Lipinski definition) is 1. The van der Waals surface area contributed by atoms with Gasteiger partial charge in [-0.05, 0) is 37.5 Å². The predicted molar refractivity (Wildman–Crippen MR) is 88.0 cm³/mol. The van der Waals surface area contributed by atoms with E-state index in [2.05, 4.69) is 39.9 Å². The minimum Gasteiger partial charge on any atom is -0.449 e. The lowest BCUT2D eigenvalue weighted by Crippen LogP contribution is -2.31. The molecule has 0 aliphatic rings. The highest BCUT2D eigenvalue weighted by atomic mass is 16.5. The molecule has 0 heterocycles. The molecule has 3 nitrogen and oxygen atoms in total. The Bertz CT molecular complexity index is 240. The van der Waals surface area contributed by atoms with E-state index in [0.717, 1.165) is 5.92 Å². The van der Waals surface area contributed by atoms with Crippen LogP contribution in [0.15, 0.2) is 0 Å². The standard InChI is InChI=1S/C9H20.C8H17NO2/c1-8(2)6-7-9(3,4)5;1-6(2)5-11-8(10)9-7(3)4/h8H,6-7H2,1-5H3;6-7H,5H2,1-4H3,(H,9,10). The molecule has 20 heavy (non-hydrogen) atoms. The predicted octanol–water partition coefficient (Wildman–Crippen LogP) is 5.25. The first-order chi connectivity index (χ1) is 8.94. The van der Waals surface area contributed by atoms with Gasteiger partial charge in [-0.15, -0.1) is 0 Å². The van der Waals surface area contributed by atoms with E-state index in [9.17, 15) is 4.79 Å². The molecule has 0 bridgehead atoms. The van der Waals surface area contributed by atoms with Crippen LogP contribution in [-0.4, -0.2) is 18.7 Å². The maximum atomic E-state index is 10.8.